The zero-order valence-electron chi connectivity index (χ0n) is 19.8. The monoisotopic (exact) mass is 488 g/mol. The summed E-state index contributed by atoms with van der Waals surface area (Å²) in [6.07, 6.45) is 3.68. The minimum absolute atomic E-state index is 0.153. The summed E-state index contributed by atoms with van der Waals surface area (Å²) in [6, 6.07) is 5.23. The SMILES string of the molecule is COc1ccc(OC)c(NC(=O)CSc2nc(=O)n(CCCN3CCOCC3)c3c2CCC3)c1. The summed E-state index contributed by atoms with van der Waals surface area (Å²) in [5.74, 6) is 1.14. The molecule has 2 heterocycles. The summed E-state index contributed by atoms with van der Waals surface area (Å²) >= 11 is 1.32. The Labute approximate surface area is 203 Å². The number of hydrogen-bond acceptors (Lipinski definition) is 8. The molecule has 1 aliphatic heterocycles. The second-order valence-electron chi connectivity index (χ2n) is 8.34. The third-order valence-corrected chi connectivity index (χ3v) is 7.20. The number of carbonyl (C=O) groups excluding carboxylic acids is 1. The number of thioether (sulfide) groups is 1. The first-order chi connectivity index (χ1) is 16.6. The van der Waals surface area contributed by atoms with Gasteiger partial charge in [-0.1, -0.05) is 11.8 Å². The number of methoxy groups -OCH3 is 2. The number of aromatic nitrogens is 2. The highest BCUT2D eigenvalue weighted by Gasteiger charge is 2.23. The van der Waals surface area contributed by atoms with Gasteiger partial charge in [-0.15, -0.1) is 0 Å². The number of ether oxygens (including phenoxy) is 3. The predicted octanol–water partition coefficient (Wildman–Crippen LogP) is 2.20. The van der Waals surface area contributed by atoms with E-state index in [1.807, 2.05) is 4.57 Å². The van der Waals surface area contributed by atoms with Gasteiger partial charge < -0.3 is 19.5 Å². The van der Waals surface area contributed by atoms with Crippen LogP contribution in [-0.4, -0.2) is 73.2 Å². The van der Waals surface area contributed by atoms with Crippen LogP contribution in [-0.2, 0) is 28.9 Å². The van der Waals surface area contributed by atoms with Gasteiger partial charge in [0.25, 0.3) is 0 Å². The molecule has 184 valence electrons. The summed E-state index contributed by atoms with van der Waals surface area (Å²) in [5.41, 5.74) is 2.52. The van der Waals surface area contributed by atoms with Crippen LogP contribution in [0.15, 0.2) is 28.0 Å². The maximum atomic E-state index is 12.8. The minimum Gasteiger partial charge on any atom is -0.497 e. The predicted molar refractivity (Wildman–Crippen MR) is 131 cm³/mol. The molecule has 1 aliphatic carbocycles. The fourth-order valence-corrected chi connectivity index (χ4v) is 5.32. The van der Waals surface area contributed by atoms with Crippen molar-refractivity contribution in [3.8, 4) is 11.5 Å². The molecule has 0 atom stereocenters. The highest BCUT2D eigenvalue weighted by atomic mass is 32.2. The Bertz CT molecular complexity index is 1070. The van der Waals surface area contributed by atoms with E-state index in [1.54, 1.807) is 32.4 Å². The van der Waals surface area contributed by atoms with Gasteiger partial charge in [-0.05, 0) is 37.8 Å². The Hall–Kier alpha value is -2.56. The summed E-state index contributed by atoms with van der Waals surface area (Å²) in [5, 5.41) is 3.55. The maximum Gasteiger partial charge on any atom is 0.348 e. The molecule has 1 aromatic heterocycles. The number of morpholine rings is 1. The number of rotatable bonds is 10. The van der Waals surface area contributed by atoms with Crippen LogP contribution in [0.25, 0.3) is 0 Å². The van der Waals surface area contributed by atoms with E-state index in [9.17, 15) is 9.59 Å². The van der Waals surface area contributed by atoms with Crippen molar-refractivity contribution in [2.24, 2.45) is 0 Å². The van der Waals surface area contributed by atoms with Crippen molar-refractivity contribution < 1.29 is 19.0 Å². The van der Waals surface area contributed by atoms with Gasteiger partial charge in [0, 0.05) is 43.5 Å². The van der Waals surface area contributed by atoms with Gasteiger partial charge >= 0.3 is 5.69 Å². The fraction of sp³-hybridized carbons (Fsp3) is 0.542. The Balaban J connectivity index is 1.39. The summed E-state index contributed by atoms with van der Waals surface area (Å²) in [4.78, 5) is 32.2. The molecule has 0 spiro atoms. The third-order valence-electron chi connectivity index (χ3n) is 6.18. The van der Waals surface area contributed by atoms with Crippen molar-refractivity contribution in [3.05, 3.63) is 39.9 Å². The molecular weight excluding hydrogens is 456 g/mol. The van der Waals surface area contributed by atoms with Crippen LogP contribution in [0.4, 0.5) is 5.69 Å². The number of nitrogens with zero attached hydrogens (tertiary/aromatic N) is 3. The van der Waals surface area contributed by atoms with Gasteiger partial charge in [-0.2, -0.15) is 4.98 Å². The van der Waals surface area contributed by atoms with Crippen molar-refractivity contribution in [1.29, 1.82) is 0 Å². The number of fused-ring (bicyclic) bond motifs is 1. The number of benzene rings is 1. The Morgan fingerprint density at radius 3 is 2.76 bits per heavy atom. The first kappa shape index (κ1) is 24.6. The minimum atomic E-state index is -0.222. The molecule has 2 aromatic rings. The van der Waals surface area contributed by atoms with E-state index < -0.39 is 0 Å². The highest BCUT2D eigenvalue weighted by Crippen LogP contribution is 2.31. The van der Waals surface area contributed by atoms with E-state index in [1.165, 1.54) is 11.8 Å². The zero-order valence-corrected chi connectivity index (χ0v) is 20.6. The number of nitrogens with one attached hydrogen (secondary N) is 1. The first-order valence-electron chi connectivity index (χ1n) is 11.7. The normalized spacial score (nSPS) is 15.7. The van der Waals surface area contributed by atoms with Crippen molar-refractivity contribution in [3.63, 3.8) is 0 Å². The van der Waals surface area contributed by atoms with Gasteiger partial charge in [-0.3, -0.25) is 14.3 Å². The van der Waals surface area contributed by atoms with Crippen LogP contribution in [0.5, 0.6) is 11.5 Å². The molecule has 1 saturated heterocycles. The average molecular weight is 489 g/mol. The van der Waals surface area contributed by atoms with Crippen molar-refractivity contribution >= 4 is 23.4 Å². The molecule has 1 fully saturated rings. The molecule has 4 rings (SSSR count). The van der Waals surface area contributed by atoms with Gasteiger partial charge in [-0.25, -0.2) is 4.79 Å². The average Bonchev–Trinajstić information content (AvgIpc) is 3.35. The fourth-order valence-electron chi connectivity index (χ4n) is 4.45. The number of amides is 1. The number of anilines is 1. The summed E-state index contributed by atoms with van der Waals surface area (Å²) in [6.45, 7) is 5.08. The van der Waals surface area contributed by atoms with Crippen LogP contribution in [0.3, 0.4) is 0 Å². The lowest BCUT2D eigenvalue weighted by molar-refractivity contribution is -0.113. The number of hydrogen-bond donors (Lipinski definition) is 1. The van der Waals surface area contributed by atoms with Crippen LogP contribution in [0.2, 0.25) is 0 Å². The third kappa shape index (κ3) is 5.92. The van der Waals surface area contributed by atoms with Crippen LogP contribution in [0.1, 0.15) is 24.1 Å². The Morgan fingerprint density at radius 2 is 2.00 bits per heavy atom. The molecule has 1 N–H and O–H groups in total. The zero-order chi connectivity index (χ0) is 23.9. The molecule has 1 amide bonds. The molecule has 0 unspecified atom stereocenters. The van der Waals surface area contributed by atoms with Gasteiger partial charge in [0.15, 0.2) is 0 Å². The van der Waals surface area contributed by atoms with E-state index >= 15 is 0 Å². The van der Waals surface area contributed by atoms with Crippen LogP contribution < -0.4 is 20.5 Å². The Morgan fingerprint density at radius 1 is 1.18 bits per heavy atom. The molecule has 9 nitrogen and oxygen atoms in total. The summed E-state index contributed by atoms with van der Waals surface area (Å²) in [7, 11) is 3.12. The van der Waals surface area contributed by atoms with Gasteiger partial charge in [0.2, 0.25) is 5.91 Å². The molecule has 1 aromatic carbocycles. The Kier molecular flexibility index (Phi) is 8.47. The second-order valence-corrected chi connectivity index (χ2v) is 9.30. The van der Waals surface area contributed by atoms with E-state index in [2.05, 4.69) is 15.2 Å². The van der Waals surface area contributed by atoms with Crippen LogP contribution >= 0.6 is 11.8 Å². The maximum absolute atomic E-state index is 12.8. The van der Waals surface area contributed by atoms with E-state index in [0.29, 0.717) is 28.8 Å². The number of carbonyl (C=O) groups is 1. The summed E-state index contributed by atoms with van der Waals surface area (Å²) < 4.78 is 17.8. The van der Waals surface area contributed by atoms with E-state index in [0.717, 1.165) is 69.8 Å². The molecule has 2 aliphatic rings. The van der Waals surface area contributed by atoms with Crippen molar-refractivity contribution in [2.45, 2.75) is 37.3 Å². The van der Waals surface area contributed by atoms with Gasteiger partial charge in [0.05, 0.1) is 38.9 Å². The van der Waals surface area contributed by atoms with E-state index in [4.69, 9.17) is 14.2 Å². The molecule has 0 saturated carbocycles. The molecule has 0 bridgehead atoms. The largest absolute Gasteiger partial charge is 0.497 e. The topological polar surface area (TPSA) is 94.9 Å². The quantitative estimate of drug-likeness (QED) is 0.402. The van der Waals surface area contributed by atoms with Gasteiger partial charge in [0.1, 0.15) is 16.5 Å². The lowest BCUT2D eigenvalue weighted by atomic mass is 10.2. The lowest BCUT2D eigenvalue weighted by Crippen LogP contribution is -2.37. The highest BCUT2D eigenvalue weighted by molar-refractivity contribution is 8.00. The van der Waals surface area contributed by atoms with Crippen LogP contribution in [0, 0.1) is 0 Å². The molecule has 34 heavy (non-hydrogen) atoms. The molecular formula is C24H32N4O5S. The van der Waals surface area contributed by atoms with Crippen molar-refractivity contribution in [1.82, 2.24) is 14.5 Å². The van der Waals surface area contributed by atoms with E-state index in [-0.39, 0.29) is 17.3 Å². The second kappa shape index (κ2) is 11.7. The van der Waals surface area contributed by atoms with Crippen molar-refractivity contribution in [2.75, 3.05) is 58.1 Å². The first-order valence-corrected chi connectivity index (χ1v) is 12.6. The smallest absolute Gasteiger partial charge is 0.348 e. The molecule has 0 radical (unpaired) electrons. The lowest BCUT2D eigenvalue weighted by Gasteiger charge is -2.26. The standard InChI is InChI=1S/C24H32N4O5S/c1-31-17-7-8-21(32-2)19(15-17)25-22(29)16-34-23-18-5-3-6-20(18)28(24(30)26-23)10-4-9-27-11-13-33-14-12-27/h7-8,15H,3-6,9-14,16H2,1-2H3,(H,25,29). The molecule has 10 heteroatoms.